The van der Waals surface area contributed by atoms with Crippen molar-refractivity contribution in [3.63, 3.8) is 0 Å². The highest BCUT2D eigenvalue weighted by atomic mass is 16.7. The number of fused-ring (bicyclic) bond motifs is 1. The minimum Gasteiger partial charge on any atom is -0.454 e. The summed E-state index contributed by atoms with van der Waals surface area (Å²) < 4.78 is 10.8. The summed E-state index contributed by atoms with van der Waals surface area (Å²) in [6, 6.07) is 7.05. The van der Waals surface area contributed by atoms with Gasteiger partial charge in [-0.05, 0) is 37.6 Å². The Morgan fingerprint density at radius 1 is 1.00 bits per heavy atom. The second-order valence-corrected chi connectivity index (χ2v) is 6.10. The molecule has 1 heterocycles. The molecular formula is C17H25NO2. The molecule has 0 bridgehead atoms. The number of hydrogen-bond donors (Lipinski definition) is 0. The SMILES string of the molecule is CN(Cc1ccc2c(c1)OCO2)C1CCCCCCC1. The van der Waals surface area contributed by atoms with Gasteiger partial charge in [-0.2, -0.15) is 0 Å². The van der Waals surface area contributed by atoms with E-state index in [4.69, 9.17) is 9.47 Å². The summed E-state index contributed by atoms with van der Waals surface area (Å²) in [7, 11) is 2.26. The number of nitrogens with zero attached hydrogens (tertiary/aromatic N) is 1. The van der Waals surface area contributed by atoms with Gasteiger partial charge in [-0.25, -0.2) is 0 Å². The first-order valence-corrected chi connectivity index (χ1v) is 7.92. The monoisotopic (exact) mass is 275 g/mol. The van der Waals surface area contributed by atoms with Gasteiger partial charge in [-0.3, -0.25) is 4.90 Å². The molecule has 0 radical (unpaired) electrons. The molecular weight excluding hydrogens is 250 g/mol. The van der Waals surface area contributed by atoms with Crippen molar-refractivity contribution >= 4 is 0 Å². The second-order valence-electron chi connectivity index (χ2n) is 6.10. The largest absolute Gasteiger partial charge is 0.454 e. The van der Waals surface area contributed by atoms with E-state index >= 15 is 0 Å². The van der Waals surface area contributed by atoms with E-state index in [-0.39, 0.29) is 0 Å². The Morgan fingerprint density at radius 2 is 1.70 bits per heavy atom. The van der Waals surface area contributed by atoms with Crippen molar-refractivity contribution in [2.24, 2.45) is 0 Å². The quantitative estimate of drug-likeness (QED) is 0.833. The molecule has 1 aliphatic heterocycles. The molecule has 1 aromatic carbocycles. The van der Waals surface area contributed by atoms with Crippen molar-refractivity contribution in [3.8, 4) is 11.5 Å². The molecule has 0 saturated heterocycles. The third kappa shape index (κ3) is 3.26. The van der Waals surface area contributed by atoms with Crippen LogP contribution in [-0.4, -0.2) is 24.8 Å². The van der Waals surface area contributed by atoms with Crippen molar-refractivity contribution in [1.82, 2.24) is 4.90 Å². The summed E-state index contributed by atoms with van der Waals surface area (Å²) in [6.07, 6.45) is 9.72. The number of ether oxygens (including phenoxy) is 2. The van der Waals surface area contributed by atoms with Gasteiger partial charge in [-0.15, -0.1) is 0 Å². The molecule has 0 N–H and O–H groups in total. The van der Waals surface area contributed by atoms with Crippen LogP contribution in [0.25, 0.3) is 0 Å². The average molecular weight is 275 g/mol. The molecule has 0 spiro atoms. The maximum atomic E-state index is 5.46. The lowest BCUT2D eigenvalue weighted by Gasteiger charge is -2.29. The Hall–Kier alpha value is -1.22. The van der Waals surface area contributed by atoms with Gasteiger partial charge in [-0.1, -0.05) is 38.2 Å². The molecule has 2 aliphatic rings. The molecule has 0 unspecified atom stereocenters. The molecule has 0 amide bonds. The average Bonchev–Trinajstić information content (AvgIpc) is 2.85. The minimum absolute atomic E-state index is 0.358. The lowest BCUT2D eigenvalue weighted by Crippen LogP contribution is -2.31. The number of hydrogen-bond acceptors (Lipinski definition) is 3. The molecule has 0 atom stereocenters. The highest BCUT2D eigenvalue weighted by Gasteiger charge is 2.18. The molecule has 3 nitrogen and oxygen atoms in total. The van der Waals surface area contributed by atoms with Crippen LogP contribution in [0.1, 0.15) is 50.5 Å². The lowest BCUT2D eigenvalue weighted by molar-refractivity contribution is 0.173. The van der Waals surface area contributed by atoms with Crippen LogP contribution in [0, 0.1) is 0 Å². The minimum atomic E-state index is 0.358. The van der Waals surface area contributed by atoms with Gasteiger partial charge in [0, 0.05) is 12.6 Å². The molecule has 110 valence electrons. The van der Waals surface area contributed by atoms with Gasteiger partial charge >= 0.3 is 0 Å². The number of rotatable bonds is 3. The molecule has 3 heteroatoms. The zero-order chi connectivity index (χ0) is 13.8. The Morgan fingerprint density at radius 3 is 2.50 bits per heavy atom. The van der Waals surface area contributed by atoms with E-state index in [1.165, 1.54) is 50.5 Å². The van der Waals surface area contributed by atoms with E-state index in [2.05, 4.69) is 24.1 Å². The van der Waals surface area contributed by atoms with E-state index in [0.29, 0.717) is 6.79 Å². The molecule has 1 aliphatic carbocycles. The van der Waals surface area contributed by atoms with E-state index in [0.717, 1.165) is 24.1 Å². The normalized spacial score (nSPS) is 19.9. The van der Waals surface area contributed by atoms with Crippen molar-refractivity contribution in [3.05, 3.63) is 23.8 Å². The summed E-state index contributed by atoms with van der Waals surface area (Å²) in [6.45, 7) is 1.36. The Balaban J connectivity index is 1.61. The highest BCUT2D eigenvalue weighted by Crippen LogP contribution is 2.33. The smallest absolute Gasteiger partial charge is 0.231 e. The van der Waals surface area contributed by atoms with Crippen LogP contribution in [0.5, 0.6) is 11.5 Å². The van der Waals surface area contributed by atoms with Crippen LogP contribution in [0.4, 0.5) is 0 Å². The molecule has 0 aromatic heterocycles. The zero-order valence-corrected chi connectivity index (χ0v) is 12.4. The van der Waals surface area contributed by atoms with Crippen molar-refractivity contribution in [2.45, 2.75) is 57.5 Å². The predicted molar refractivity (Wildman–Crippen MR) is 80.1 cm³/mol. The molecule has 20 heavy (non-hydrogen) atoms. The zero-order valence-electron chi connectivity index (χ0n) is 12.4. The third-order valence-corrected chi connectivity index (χ3v) is 4.57. The third-order valence-electron chi connectivity index (χ3n) is 4.57. The fourth-order valence-electron chi connectivity index (χ4n) is 3.33. The Bertz CT molecular complexity index is 439. The van der Waals surface area contributed by atoms with E-state index in [9.17, 15) is 0 Å². The van der Waals surface area contributed by atoms with Crippen LogP contribution in [0.15, 0.2) is 18.2 Å². The lowest BCUT2D eigenvalue weighted by atomic mass is 9.95. The topological polar surface area (TPSA) is 21.7 Å². The van der Waals surface area contributed by atoms with Crippen LogP contribution < -0.4 is 9.47 Å². The Labute approximate surface area is 121 Å². The summed E-state index contributed by atoms with van der Waals surface area (Å²) in [4.78, 5) is 2.52. The van der Waals surface area contributed by atoms with Crippen LogP contribution in [0.2, 0.25) is 0 Å². The number of benzene rings is 1. The standard InChI is InChI=1S/C17H25NO2/c1-18(15-7-5-3-2-4-6-8-15)12-14-9-10-16-17(11-14)20-13-19-16/h9-11,15H,2-8,12-13H2,1H3. The highest BCUT2D eigenvalue weighted by molar-refractivity contribution is 5.44. The van der Waals surface area contributed by atoms with E-state index in [1.54, 1.807) is 0 Å². The summed E-state index contributed by atoms with van der Waals surface area (Å²) in [5.41, 5.74) is 1.32. The first-order chi connectivity index (χ1) is 9.83. The first-order valence-electron chi connectivity index (χ1n) is 7.92. The molecule has 1 fully saturated rings. The predicted octanol–water partition coefficient (Wildman–Crippen LogP) is 3.96. The fourth-order valence-corrected chi connectivity index (χ4v) is 3.33. The maximum absolute atomic E-state index is 5.46. The molecule has 1 aromatic rings. The van der Waals surface area contributed by atoms with Gasteiger partial charge in [0.25, 0.3) is 0 Å². The van der Waals surface area contributed by atoms with Gasteiger partial charge in [0.05, 0.1) is 0 Å². The summed E-state index contributed by atoms with van der Waals surface area (Å²) in [5, 5.41) is 0. The summed E-state index contributed by atoms with van der Waals surface area (Å²) in [5.74, 6) is 1.77. The van der Waals surface area contributed by atoms with Crippen LogP contribution in [-0.2, 0) is 6.54 Å². The van der Waals surface area contributed by atoms with Gasteiger partial charge in [0.15, 0.2) is 11.5 Å². The van der Waals surface area contributed by atoms with Gasteiger partial charge < -0.3 is 9.47 Å². The van der Waals surface area contributed by atoms with Gasteiger partial charge in [0.1, 0.15) is 0 Å². The summed E-state index contributed by atoms with van der Waals surface area (Å²) >= 11 is 0. The van der Waals surface area contributed by atoms with Crippen molar-refractivity contribution in [1.29, 1.82) is 0 Å². The van der Waals surface area contributed by atoms with Crippen LogP contribution >= 0.6 is 0 Å². The second kappa shape index (κ2) is 6.49. The van der Waals surface area contributed by atoms with Crippen molar-refractivity contribution in [2.75, 3.05) is 13.8 Å². The molecule has 1 saturated carbocycles. The fraction of sp³-hybridized carbons (Fsp3) is 0.647. The Kier molecular flexibility index (Phi) is 4.46. The van der Waals surface area contributed by atoms with Crippen molar-refractivity contribution < 1.29 is 9.47 Å². The van der Waals surface area contributed by atoms with Gasteiger partial charge in [0.2, 0.25) is 6.79 Å². The van der Waals surface area contributed by atoms with Crippen LogP contribution in [0.3, 0.4) is 0 Å². The van der Waals surface area contributed by atoms with E-state index < -0.39 is 0 Å². The van der Waals surface area contributed by atoms with E-state index in [1.807, 2.05) is 6.07 Å². The maximum Gasteiger partial charge on any atom is 0.231 e. The molecule has 3 rings (SSSR count). The first kappa shape index (κ1) is 13.7.